The number of rotatable bonds is 8. The maximum atomic E-state index is 9.22. The Bertz CT molecular complexity index is 787. The van der Waals surface area contributed by atoms with Gasteiger partial charge in [-0.3, -0.25) is 0 Å². The monoisotopic (exact) mass is 378 g/mol. The minimum absolute atomic E-state index is 0.147. The SMILES string of the molecule is C=CCC(=C)C[C@](C)(NC)/C(C)=C/C(C)=C(\C)c1cc(C)cc(C#N)c1.CC. The minimum Gasteiger partial charge on any atom is -0.311 e. The topological polar surface area (TPSA) is 35.8 Å². The van der Waals surface area contributed by atoms with Gasteiger partial charge in [0.05, 0.1) is 11.6 Å². The molecule has 2 heteroatoms. The highest BCUT2D eigenvalue weighted by molar-refractivity contribution is 5.70. The highest BCUT2D eigenvalue weighted by Crippen LogP contribution is 2.28. The predicted octanol–water partition coefficient (Wildman–Crippen LogP) is 7.13. The van der Waals surface area contributed by atoms with Crippen molar-refractivity contribution in [2.75, 3.05) is 7.05 Å². The first-order valence-electron chi connectivity index (χ1n) is 10.0. The number of nitrogens with zero attached hydrogens (tertiary/aromatic N) is 1. The molecule has 1 aromatic carbocycles. The third-order valence-electron chi connectivity index (χ3n) is 5.12. The molecule has 1 atom stereocenters. The van der Waals surface area contributed by atoms with Crippen molar-refractivity contribution in [3.63, 3.8) is 0 Å². The van der Waals surface area contributed by atoms with Crippen molar-refractivity contribution in [2.45, 2.75) is 66.8 Å². The van der Waals surface area contributed by atoms with E-state index in [1.54, 1.807) is 0 Å². The van der Waals surface area contributed by atoms with Crippen LogP contribution in [0, 0.1) is 18.3 Å². The third kappa shape index (κ3) is 7.33. The van der Waals surface area contributed by atoms with E-state index in [0.29, 0.717) is 5.56 Å². The van der Waals surface area contributed by atoms with Gasteiger partial charge < -0.3 is 5.32 Å². The Morgan fingerprint density at radius 1 is 1.21 bits per heavy atom. The van der Waals surface area contributed by atoms with E-state index in [0.717, 1.165) is 24.0 Å². The van der Waals surface area contributed by atoms with E-state index in [2.05, 4.69) is 64.4 Å². The van der Waals surface area contributed by atoms with Gasteiger partial charge in [-0.25, -0.2) is 0 Å². The minimum atomic E-state index is -0.147. The summed E-state index contributed by atoms with van der Waals surface area (Å²) in [5.41, 5.74) is 7.58. The van der Waals surface area contributed by atoms with Crippen LogP contribution >= 0.6 is 0 Å². The van der Waals surface area contributed by atoms with Gasteiger partial charge in [-0.05, 0) is 88.9 Å². The molecule has 0 bridgehead atoms. The van der Waals surface area contributed by atoms with Crippen LogP contribution in [-0.2, 0) is 0 Å². The molecule has 0 unspecified atom stereocenters. The molecule has 0 aliphatic carbocycles. The molecule has 1 aromatic rings. The molecule has 1 N–H and O–H groups in total. The lowest BCUT2D eigenvalue weighted by molar-refractivity contribution is 0.445. The Hall–Kier alpha value is -2.37. The summed E-state index contributed by atoms with van der Waals surface area (Å²) < 4.78 is 0. The lowest BCUT2D eigenvalue weighted by atomic mass is 9.84. The molecule has 1 rings (SSSR count). The van der Waals surface area contributed by atoms with E-state index in [4.69, 9.17) is 0 Å². The maximum absolute atomic E-state index is 9.22. The number of allylic oxidation sites excluding steroid dienone is 4. The first-order chi connectivity index (χ1) is 13.2. The summed E-state index contributed by atoms with van der Waals surface area (Å²) in [6.45, 7) is 22.6. The van der Waals surface area contributed by atoms with Gasteiger partial charge in [-0.1, -0.05) is 49.8 Å². The fourth-order valence-corrected chi connectivity index (χ4v) is 3.09. The molecule has 0 aliphatic rings. The zero-order chi connectivity index (χ0) is 21.9. The number of likely N-dealkylation sites (N-methyl/N-ethyl adjacent to an activating group) is 1. The molecule has 0 spiro atoms. The molecule has 0 radical (unpaired) electrons. The molecule has 0 aliphatic heterocycles. The number of aryl methyl sites for hydroxylation is 1. The van der Waals surface area contributed by atoms with Crippen molar-refractivity contribution in [3.8, 4) is 6.07 Å². The van der Waals surface area contributed by atoms with Crippen molar-refractivity contribution in [1.29, 1.82) is 5.26 Å². The van der Waals surface area contributed by atoms with Crippen LogP contribution in [0.4, 0.5) is 0 Å². The van der Waals surface area contributed by atoms with Crippen molar-refractivity contribution in [1.82, 2.24) is 5.32 Å². The van der Waals surface area contributed by atoms with Crippen molar-refractivity contribution in [3.05, 3.63) is 76.9 Å². The van der Waals surface area contributed by atoms with Crippen LogP contribution in [-0.4, -0.2) is 12.6 Å². The quantitative estimate of drug-likeness (QED) is 0.385. The highest BCUT2D eigenvalue weighted by Gasteiger charge is 2.24. The summed E-state index contributed by atoms with van der Waals surface area (Å²) in [5.74, 6) is 0. The number of nitrogens with one attached hydrogen (secondary N) is 1. The Balaban J connectivity index is 0.00000352. The number of hydrogen-bond acceptors (Lipinski definition) is 2. The zero-order valence-electron chi connectivity index (χ0n) is 19.2. The first-order valence-corrected chi connectivity index (χ1v) is 10.0. The maximum Gasteiger partial charge on any atom is 0.0991 e. The molecule has 0 saturated heterocycles. The van der Waals surface area contributed by atoms with Gasteiger partial charge in [-0.2, -0.15) is 5.26 Å². The van der Waals surface area contributed by atoms with Crippen LogP contribution in [0.5, 0.6) is 0 Å². The first kappa shape index (κ1) is 25.6. The number of nitriles is 1. The summed E-state index contributed by atoms with van der Waals surface area (Å²) >= 11 is 0. The lowest BCUT2D eigenvalue weighted by Gasteiger charge is -2.32. The van der Waals surface area contributed by atoms with Gasteiger partial charge in [-0.15, -0.1) is 6.58 Å². The van der Waals surface area contributed by atoms with E-state index >= 15 is 0 Å². The average Bonchev–Trinajstić information content (AvgIpc) is 2.68. The Morgan fingerprint density at radius 2 is 1.82 bits per heavy atom. The van der Waals surface area contributed by atoms with E-state index < -0.39 is 0 Å². The van der Waals surface area contributed by atoms with Gasteiger partial charge >= 0.3 is 0 Å². The molecule has 0 fully saturated rings. The largest absolute Gasteiger partial charge is 0.311 e. The van der Waals surface area contributed by atoms with Gasteiger partial charge in [0.25, 0.3) is 0 Å². The molecule has 0 heterocycles. The van der Waals surface area contributed by atoms with Crippen LogP contribution in [0.1, 0.15) is 71.1 Å². The Kier molecular flexibility index (Phi) is 11.1. The summed E-state index contributed by atoms with van der Waals surface area (Å²) in [6, 6.07) is 8.24. The van der Waals surface area contributed by atoms with E-state index in [1.807, 2.05) is 46.0 Å². The van der Waals surface area contributed by atoms with Gasteiger partial charge in [0.2, 0.25) is 0 Å². The van der Waals surface area contributed by atoms with Crippen LogP contribution in [0.2, 0.25) is 0 Å². The smallest absolute Gasteiger partial charge is 0.0991 e. The van der Waals surface area contributed by atoms with Crippen LogP contribution in [0.3, 0.4) is 0 Å². The second kappa shape index (κ2) is 12.2. The molecule has 28 heavy (non-hydrogen) atoms. The second-order valence-electron chi connectivity index (χ2n) is 7.34. The normalized spacial score (nSPS) is 14.0. The molecule has 152 valence electrons. The Morgan fingerprint density at radius 3 is 2.32 bits per heavy atom. The highest BCUT2D eigenvalue weighted by atomic mass is 14.9. The standard InChI is InChI=1S/C24H32N2.C2H6/c1-9-10-17(2)15-24(7,26-8)20(5)13-19(4)21(6)23-12-18(3)11-22(14-23)16-25;1-2/h9,11-14,26H,1-2,10,15H2,3-8H3;1-2H3/b20-13+,21-19+;/t24-;/m0./s1. The Labute approximate surface area is 173 Å². The predicted molar refractivity (Wildman–Crippen MR) is 125 cm³/mol. The van der Waals surface area contributed by atoms with Crippen LogP contribution in [0.15, 0.2) is 60.2 Å². The fourth-order valence-electron chi connectivity index (χ4n) is 3.09. The van der Waals surface area contributed by atoms with E-state index in [-0.39, 0.29) is 5.54 Å². The molecule has 0 saturated carbocycles. The van der Waals surface area contributed by atoms with E-state index in [9.17, 15) is 5.26 Å². The summed E-state index contributed by atoms with van der Waals surface area (Å²) in [7, 11) is 1.99. The van der Waals surface area contributed by atoms with E-state index in [1.165, 1.54) is 22.3 Å². The van der Waals surface area contributed by atoms with Crippen LogP contribution in [0.25, 0.3) is 5.57 Å². The average molecular weight is 379 g/mol. The van der Waals surface area contributed by atoms with Crippen molar-refractivity contribution < 1.29 is 0 Å². The van der Waals surface area contributed by atoms with Crippen LogP contribution < -0.4 is 5.32 Å². The third-order valence-corrected chi connectivity index (χ3v) is 5.12. The molecule has 0 amide bonds. The van der Waals surface area contributed by atoms with Crippen molar-refractivity contribution in [2.24, 2.45) is 0 Å². The zero-order valence-corrected chi connectivity index (χ0v) is 19.2. The van der Waals surface area contributed by atoms with Gasteiger partial charge in [0, 0.05) is 5.54 Å². The van der Waals surface area contributed by atoms with Crippen molar-refractivity contribution >= 4 is 5.57 Å². The molecule has 2 nitrogen and oxygen atoms in total. The molecular formula is C26H38N2. The fraction of sp³-hybridized carbons (Fsp3) is 0.423. The number of benzene rings is 1. The van der Waals surface area contributed by atoms with Gasteiger partial charge in [0.1, 0.15) is 0 Å². The lowest BCUT2D eigenvalue weighted by Crippen LogP contribution is -2.41. The second-order valence-corrected chi connectivity index (χ2v) is 7.34. The summed E-state index contributed by atoms with van der Waals surface area (Å²) in [5, 5.41) is 12.7. The van der Waals surface area contributed by atoms with Gasteiger partial charge in [0.15, 0.2) is 0 Å². The summed E-state index contributed by atoms with van der Waals surface area (Å²) in [4.78, 5) is 0. The molecule has 0 aromatic heterocycles. The molecular weight excluding hydrogens is 340 g/mol. The summed E-state index contributed by atoms with van der Waals surface area (Å²) in [6.07, 6.45) is 5.84. The number of hydrogen-bond donors (Lipinski definition) is 1.